The molecular weight excluding hydrogens is 306 g/mol. The van der Waals surface area contributed by atoms with Crippen molar-refractivity contribution in [2.75, 3.05) is 0 Å². The first-order chi connectivity index (χ1) is 9.18. The molecule has 0 amide bonds. The van der Waals surface area contributed by atoms with E-state index in [-0.39, 0.29) is 5.75 Å². The molecule has 0 unspecified atom stereocenters. The molecule has 1 aromatic rings. The maximum Gasteiger partial charge on any atom is 0.235 e. The van der Waals surface area contributed by atoms with Gasteiger partial charge in [0, 0.05) is 5.56 Å². The molecule has 0 spiro atoms. The van der Waals surface area contributed by atoms with Gasteiger partial charge in [-0.2, -0.15) is 4.99 Å². The Morgan fingerprint density at radius 3 is 2.63 bits per heavy atom. The van der Waals surface area contributed by atoms with Gasteiger partial charge in [-0.15, -0.1) is 0 Å². The Labute approximate surface area is 120 Å². The van der Waals surface area contributed by atoms with Crippen LogP contribution in [0.5, 0.6) is 5.75 Å². The molecule has 0 aliphatic heterocycles. The van der Waals surface area contributed by atoms with E-state index in [0.717, 1.165) is 42.1 Å². The van der Waals surface area contributed by atoms with Gasteiger partial charge < -0.3 is 5.11 Å². The molecule has 2 aliphatic carbocycles. The lowest BCUT2D eigenvalue weighted by atomic mass is 9.71. The molecule has 0 saturated heterocycles. The molecule has 4 heteroatoms. The molecule has 2 aliphatic rings. The van der Waals surface area contributed by atoms with Gasteiger partial charge in [-0.1, -0.05) is 0 Å². The first-order valence-corrected chi connectivity index (χ1v) is 7.60. The third-order valence-electron chi connectivity index (χ3n) is 4.50. The van der Waals surface area contributed by atoms with Gasteiger partial charge in [-0.25, -0.2) is 4.79 Å². The van der Waals surface area contributed by atoms with Crippen LogP contribution in [0.4, 0.5) is 0 Å². The molecular formula is C15H16BrNO2. The van der Waals surface area contributed by atoms with Crippen molar-refractivity contribution in [1.29, 1.82) is 0 Å². The van der Waals surface area contributed by atoms with E-state index >= 15 is 0 Å². The first kappa shape index (κ1) is 12.9. The van der Waals surface area contributed by atoms with Gasteiger partial charge >= 0.3 is 0 Å². The molecule has 1 aromatic carbocycles. The van der Waals surface area contributed by atoms with Gasteiger partial charge in [0.2, 0.25) is 6.08 Å². The maximum absolute atomic E-state index is 10.7. The Morgan fingerprint density at radius 1 is 1.26 bits per heavy atom. The lowest BCUT2D eigenvalue weighted by Crippen LogP contribution is -2.32. The minimum atomic E-state index is -0.527. The second-order valence-corrected chi connectivity index (χ2v) is 6.31. The quantitative estimate of drug-likeness (QED) is 0.666. The summed E-state index contributed by atoms with van der Waals surface area (Å²) in [5.41, 5.74) is 2.78. The normalized spacial score (nSPS) is 20.1. The van der Waals surface area contributed by atoms with Crippen LogP contribution in [0.25, 0.3) is 0 Å². The van der Waals surface area contributed by atoms with Crippen LogP contribution in [-0.2, 0) is 23.2 Å². The van der Waals surface area contributed by atoms with E-state index in [1.807, 2.05) is 0 Å². The molecule has 1 fully saturated rings. The number of nitrogens with zero attached hydrogens (tertiary/aromatic N) is 1. The second-order valence-electron chi connectivity index (χ2n) is 5.52. The smallest absolute Gasteiger partial charge is 0.235 e. The summed E-state index contributed by atoms with van der Waals surface area (Å²) in [5.74, 6) is 0.263. The number of phenolic OH excluding ortho intramolecular Hbond substituents is 1. The predicted octanol–water partition coefficient (Wildman–Crippen LogP) is 3.75. The highest BCUT2D eigenvalue weighted by Gasteiger charge is 2.42. The zero-order chi connectivity index (χ0) is 13.5. The third kappa shape index (κ3) is 1.94. The highest BCUT2D eigenvalue weighted by Crippen LogP contribution is 2.51. The van der Waals surface area contributed by atoms with Crippen LogP contribution in [0.15, 0.2) is 15.5 Å². The first-order valence-electron chi connectivity index (χ1n) is 6.81. The molecule has 0 heterocycles. The highest BCUT2D eigenvalue weighted by molar-refractivity contribution is 9.10. The van der Waals surface area contributed by atoms with Crippen LogP contribution in [0.1, 0.15) is 48.8 Å². The topological polar surface area (TPSA) is 49.7 Å². The summed E-state index contributed by atoms with van der Waals surface area (Å²) in [7, 11) is 0. The third-order valence-corrected chi connectivity index (χ3v) is 5.35. The van der Waals surface area contributed by atoms with Crippen molar-refractivity contribution in [3.8, 4) is 5.75 Å². The van der Waals surface area contributed by atoms with E-state index in [1.54, 1.807) is 6.08 Å². The minimum Gasteiger partial charge on any atom is -0.506 e. The van der Waals surface area contributed by atoms with Crippen LogP contribution in [-0.4, -0.2) is 11.2 Å². The number of halogens is 1. The van der Waals surface area contributed by atoms with Crippen molar-refractivity contribution >= 4 is 22.0 Å². The van der Waals surface area contributed by atoms with Gasteiger partial charge in [-0.3, -0.25) is 0 Å². The number of aromatic hydroxyl groups is 1. The Bertz CT molecular complexity index is 572. The molecule has 0 bridgehead atoms. The van der Waals surface area contributed by atoms with Crippen LogP contribution in [0.2, 0.25) is 0 Å². The van der Waals surface area contributed by atoms with E-state index in [2.05, 4.69) is 27.0 Å². The fourth-order valence-electron chi connectivity index (χ4n) is 3.24. The zero-order valence-corrected chi connectivity index (χ0v) is 12.3. The molecule has 3 rings (SSSR count). The predicted molar refractivity (Wildman–Crippen MR) is 76.1 cm³/mol. The Morgan fingerprint density at radius 2 is 2.00 bits per heavy atom. The van der Waals surface area contributed by atoms with Gasteiger partial charge in [0.25, 0.3) is 0 Å². The van der Waals surface area contributed by atoms with E-state index in [4.69, 9.17) is 0 Å². The average molecular weight is 322 g/mol. The number of rotatable bonds is 2. The van der Waals surface area contributed by atoms with Gasteiger partial charge in [0.15, 0.2) is 0 Å². The molecule has 100 valence electrons. The van der Waals surface area contributed by atoms with Crippen molar-refractivity contribution in [1.82, 2.24) is 0 Å². The van der Waals surface area contributed by atoms with Crippen molar-refractivity contribution in [2.24, 2.45) is 4.99 Å². The van der Waals surface area contributed by atoms with Crippen LogP contribution in [0.3, 0.4) is 0 Å². The lowest BCUT2D eigenvalue weighted by Gasteiger charge is -2.38. The van der Waals surface area contributed by atoms with Crippen molar-refractivity contribution < 1.29 is 9.90 Å². The van der Waals surface area contributed by atoms with E-state index in [0.29, 0.717) is 0 Å². The van der Waals surface area contributed by atoms with Gasteiger partial charge in [-0.05, 0) is 78.1 Å². The second kappa shape index (κ2) is 4.77. The van der Waals surface area contributed by atoms with Gasteiger partial charge in [0.05, 0.1) is 4.47 Å². The summed E-state index contributed by atoms with van der Waals surface area (Å²) in [6.07, 6.45) is 8.77. The van der Waals surface area contributed by atoms with Crippen molar-refractivity contribution in [3.05, 3.63) is 27.2 Å². The molecule has 0 radical (unpaired) electrons. The highest BCUT2D eigenvalue weighted by atomic mass is 79.9. The molecule has 19 heavy (non-hydrogen) atoms. The monoisotopic (exact) mass is 321 g/mol. The minimum absolute atomic E-state index is 0.263. The number of hydrogen-bond donors (Lipinski definition) is 1. The number of hydrogen-bond acceptors (Lipinski definition) is 3. The summed E-state index contributed by atoms with van der Waals surface area (Å²) in [5, 5.41) is 10.4. The number of phenols is 1. The number of aryl methyl sites for hydroxylation is 1. The maximum atomic E-state index is 10.7. The lowest BCUT2D eigenvalue weighted by molar-refractivity contribution is 0.247. The van der Waals surface area contributed by atoms with E-state index < -0.39 is 5.54 Å². The summed E-state index contributed by atoms with van der Waals surface area (Å²) in [4.78, 5) is 14.7. The van der Waals surface area contributed by atoms with E-state index in [9.17, 15) is 9.90 Å². The summed E-state index contributed by atoms with van der Waals surface area (Å²) >= 11 is 3.52. The van der Waals surface area contributed by atoms with Crippen LogP contribution in [0, 0.1) is 0 Å². The summed E-state index contributed by atoms with van der Waals surface area (Å²) in [6, 6.07) is 2.06. The fraction of sp³-hybridized carbons (Fsp3) is 0.533. The number of aliphatic imine (C=N–C) groups is 1. The zero-order valence-electron chi connectivity index (χ0n) is 10.7. The molecule has 1 saturated carbocycles. The van der Waals surface area contributed by atoms with Crippen molar-refractivity contribution in [2.45, 2.75) is 50.5 Å². The van der Waals surface area contributed by atoms with Crippen LogP contribution < -0.4 is 0 Å². The summed E-state index contributed by atoms with van der Waals surface area (Å²) in [6.45, 7) is 0. The largest absolute Gasteiger partial charge is 0.506 e. The molecule has 1 N–H and O–H groups in total. The van der Waals surface area contributed by atoms with Crippen LogP contribution >= 0.6 is 15.9 Å². The Balaban J connectivity index is 2.16. The average Bonchev–Trinajstić information content (AvgIpc) is 2.38. The molecule has 0 atom stereocenters. The Hall–Kier alpha value is -1.12. The van der Waals surface area contributed by atoms with Crippen molar-refractivity contribution in [3.63, 3.8) is 0 Å². The fourth-order valence-corrected chi connectivity index (χ4v) is 3.90. The number of carbonyl (C=O) groups excluding carboxylic acids is 1. The SMILES string of the molecule is O=C=NC1(c2cc3c(c(Br)c2O)CCCC3)CCC1. The molecule has 0 aromatic heterocycles. The number of benzene rings is 1. The molecule has 3 nitrogen and oxygen atoms in total. The number of isocyanates is 1. The standard InChI is InChI=1S/C15H16BrNO2/c16-13-11-5-2-1-4-10(11)8-12(14(13)19)15(17-9-18)6-3-7-15/h8,19H,1-7H2. The number of fused-ring (bicyclic) bond motifs is 1. The van der Waals surface area contributed by atoms with Gasteiger partial charge in [0.1, 0.15) is 11.3 Å². The summed E-state index contributed by atoms with van der Waals surface area (Å²) < 4.78 is 0.798. The Kier molecular flexibility index (Phi) is 3.23. The van der Waals surface area contributed by atoms with E-state index in [1.165, 1.54) is 24.0 Å².